The van der Waals surface area contributed by atoms with Crippen LogP contribution in [0.4, 0.5) is 5.69 Å². The number of benzene rings is 1. The van der Waals surface area contributed by atoms with Gasteiger partial charge < -0.3 is 5.32 Å². The number of amides is 2. The van der Waals surface area contributed by atoms with Crippen LogP contribution in [0.25, 0.3) is 0 Å². The molecule has 1 saturated heterocycles. The van der Waals surface area contributed by atoms with Crippen molar-refractivity contribution in [1.82, 2.24) is 4.90 Å². The molecule has 27 heavy (non-hydrogen) atoms. The number of thioether (sulfide) groups is 1. The van der Waals surface area contributed by atoms with Gasteiger partial charge in [0.05, 0.1) is 10.8 Å². The molecule has 0 aliphatic carbocycles. The summed E-state index contributed by atoms with van der Waals surface area (Å²) in [5.74, 6) is 0.222. The van der Waals surface area contributed by atoms with Gasteiger partial charge in [-0.05, 0) is 30.0 Å². The third-order valence-corrected chi connectivity index (χ3v) is 5.61. The molecule has 0 bridgehead atoms. The van der Waals surface area contributed by atoms with Crippen LogP contribution in [0.15, 0.2) is 35.4 Å². The number of carbonyl (C=O) groups excluding carboxylic acids is 3. The molecular weight excluding hydrogens is 360 g/mol. The molecule has 1 aliphatic rings. The first-order valence-corrected chi connectivity index (χ1v) is 10.2. The molecule has 146 valence electrons. The third kappa shape index (κ3) is 5.70. The highest BCUT2D eigenvalue weighted by molar-refractivity contribution is 8.04. The van der Waals surface area contributed by atoms with E-state index in [-0.39, 0.29) is 29.9 Å². The molecule has 0 spiro atoms. The lowest BCUT2D eigenvalue weighted by Gasteiger charge is -2.19. The summed E-state index contributed by atoms with van der Waals surface area (Å²) in [5, 5.41) is 3.37. The Labute approximate surface area is 165 Å². The van der Waals surface area contributed by atoms with Crippen LogP contribution in [0, 0.1) is 5.41 Å². The zero-order chi connectivity index (χ0) is 20.2. The summed E-state index contributed by atoms with van der Waals surface area (Å²) in [7, 11) is 0. The van der Waals surface area contributed by atoms with E-state index in [9.17, 15) is 14.4 Å². The second-order valence-corrected chi connectivity index (χ2v) is 8.84. The maximum atomic E-state index is 12.4. The quantitative estimate of drug-likeness (QED) is 0.743. The van der Waals surface area contributed by atoms with Crippen molar-refractivity contribution < 1.29 is 14.4 Å². The zero-order valence-corrected chi connectivity index (χ0v) is 17.5. The second kappa shape index (κ2) is 8.74. The first kappa shape index (κ1) is 21.2. The lowest BCUT2D eigenvalue weighted by molar-refractivity contribution is -0.129. The molecule has 0 unspecified atom stereocenters. The number of nitrogens with one attached hydrogen (secondary N) is 1. The lowest BCUT2D eigenvalue weighted by Crippen LogP contribution is -2.34. The predicted molar refractivity (Wildman–Crippen MR) is 110 cm³/mol. The highest BCUT2D eigenvalue weighted by Crippen LogP contribution is 2.30. The van der Waals surface area contributed by atoms with Crippen LogP contribution in [-0.4, -0.2) is 34.8 Å². The number of carbonyl (C=O) groups is 3. The summed E-state index contributed by atoms with van der Waals surface area (Å²) >= 11 is 1.30. The second-order valence-electron chi connectivity index (χ2n) is 7.84. The maximum absolute atomic E-state index is 12.4. The maximum Gasteiger partial charge on any atom is 0.244 e. The average molecular weight is 389 g/mol. The summed E-state index contributed by atoms with van der Waals surface area (Å²) < 4.78 is 0. The largest absolute Gasteiger partial charge is 0.325 e. The van der Waals surface area contributed by atoms with Gasteiger partial charge in [-0.1, -0.05) is 58.5 Å². The Balaban J connectivity index is 2.04. The molecule has 1 aromatic carbocycles. The number of ketones is 1. The van der Waals surface area contributed by atoms with E-state index in [1.807, 2.05) is 45.0 Å². The molecule has 1 aromatic rings. The molecule has 2 amide bonds. The fourth-order valence-electron chi connectivity index (χ4n) is 2.50. The van der Waals surface area contributed by atoms with E-state index in [0.717, 1.165) is 6.42 Å². The normalized spacial score (nSPS) is 17.3. The zero-order valence-electron chi connectivity index (χ0n) is 16.7. The number of rotatable bonds is 6. The van der Waals surface area contributed by atoms with Crippen molar-refractivity contribution in [3.63, 3.8) is 0 Å². The van der Waals surface area contributed by atoms with Crippen LogP contribution in [0.5, 0.6) is 0 Å². The van der Waals surface area contributed by atoms with Gasteiger partial charge in [0.2, 0.25) is 11.8 Å². The first-order valence-electron chi connectivity index (χ1n) is 9.21. The Hall–Kier alpha value is -2.08. The van der Waals surface area contributed by atoms with Crippen LogP contribution in [0.3, 0.4) is 0 Å². The van der Waals surface area contributed by atoms with Crippen molar-refractivity contribution in [1.29, 1.82) is 0 Å². The summed E-state index contributed by atoms with van der Waals surface area (Å²) in [6, 6.07) is 7.77. The van der Waals surface area contributed by atoms with E-state index < -0.39 is 5.41 Å². The summed E-state index contributed by atoms with van der Waals surface area (Å²) in [6.07, 6.45) is 2.53. The number of allylic oxidation sites excluding steroid dienone is 1. The van der Waals surface area contributed by atoms with Gasteiger partial charge in [0, 0.05) is 17.2 Å². The molecule has 6 heteroatoms. The van der Waals surface area contributed by atoms with E-state index in [0.29, 0.717) is 16.6 Å². The van der Waals surface area contributed by atoms with Gasteiger partial charge in [0.1, 0.15) is 6.54 Å². The SMILES string of the molecule is CC[C@H](C)c1ccc(NC(=O)CN2C(=O)CS/C2=C\C(=O)C(C)(C)C)cc1. The molecular formula is C21H28N2O3S. The van der Waals surface area contributed by atoms with Crippen molar-refractivity contribution >= 4 is 35.0 Å². The third-order valence-electron chi connectivity index (χ3n) is 4.58. The first-order chi connectivity index (χ1) is 12.6. The minimum Gasteiger partial charge on any atom is -0.325 e. The van der Waals surface area contributed by atoms with Gasteiger partial charge in [-0.2, -0.15) is 0 Å². The van der Waals surface area contributed by atoms with Gasteiger partial charge in [-0.25, -0.2) is 0 Å². The number of anilines is 1. The van der Waals surface area contributed by atoms with E-state index in [1.54, 1.807) is 0 Å². The van der Waals surface area contributed by atoms with Crippen molar-refractivity contribution in [3.05, 3.63) is 40.9 Å². The Morgan fingerprint density at radius 1 is 1.26 bits per heavy atom. The molecule has 1 aliphatic heterocycles. The lowest BCUT2D eigenvalue weighted by atomic mass is 9.91. The van der Waals surface area contributed by atoms with Crippen LogP contribution in [-0.2, 0) is 14.4 Å². The molecule has 1 fully saturated rings. The van der Waals surface area contributed by atoms with E-state index in [4.69, 9.17) is 0 Å². The minimum absolute atomic E-state index is 0.0641. The predicted octanol–water partition coefficient (Wildman–Crippen LogP) is 4.17. The van der Waals surface area contributed by atoms with Crippen molar-refractivity contribution in [2.45, 2.75) is 47.0 Å². The molecule has 2 rings (SSSR count). The summed E-state index contributed by atoms with van der Waals surface area (Å²) in [5.41, 5.74) is 1.40. The fraction of sp³-hybridized carbons (Fsp3) is 0.476. The van der Waals surface area contributed by atoms with Gasteiger partial charge >= 0.3 is 0 Å². The standard InChI is InChI=1S/C21H28N2O3S/c1-6-14(2)15-7-9-16(10-8-15)22-18(25)12-23-19(26)13-27-20(23)11-17(24)21(3,4)5/h7-11,14H,6,12-13H2,1-5H3,(H,22,25)/b20-11-/t14-/m0/s1. The highest BCUT2D eigenvalue weighted by Gasteiger charge is 2.30. The van der Waals surface area contributed by atoms with Crippen LogP contribution in [0.1, 0.15) is 52.5 Å². The molecule has 1 N–H and O–H groups in total. The Morgan fingerprint density at radius 2 is 1.89 bits per heavy atom. The topological polar surface area (TPSA) is 66.5 Å². The van der Waals surface area contributed by atoms with Crippen molar-refractivity contribution in [3.8, 4) is 0 Å². The molecule has 0 aromatic heterocycles. The van der Waals surface area contributed by atoms with Crippen LogP contribution >= 0.6 is 11.8 Å². The van der Waals surface area contributed by atoms with Gasteiger partial charge in [-0.3, -0.25) is 19.3 Å². The molecule has 5 nitrogen and oxygen atoms in total. The Bertz CT molecular complexity index is 748. The van der Waals surface area contributed by atoms with E-state index in [1.165, 1.54) is 28.3 Å². The van der Waals surface area contributed by atoms with E-state index >= 15 is 0 Å². The number of hydrogen-bond donors (Lipinski definition) is 1. The van der Waals surface area contributed by atoms with Gasteiger partial charge in [0.15, 0.2) is 5.78 Å². The number of hydrogen-bond acceptors (Lipinski definition) is 4. The van der Waals surface area contributed by atoms with Crippen LogP contribution < -0.4 is 5.32 Å². The summed E-state index contributed by atoms with van der Waals surface area (Å²) in [4.78, 5) is 38.1. The highest BCUT2D eigenvalue weighted by atomic mass is 32.2. The van der Waals surface area contributed by atoms with E-state index in [2.05, 4.69) is 19.2 Å². The fourth-order valence-corrected chi connectivity index (χ4v) is 3.44. The van der Waals surface area contributed by atoms with Crippen molar-refractivity contribution in [2.24, 2.45) is 5.41 Å². The monoisotopic (exact) mass is 388 g/mol. The molecule has 1 atom stereocenters. The number of nitrogens with zero attached hydrogens (tertiary/aromatic N) is 1. The smallest absolute Gasteiger partial charge is 0.244 e. The summed E-state index contributed by atoms with van der Waals surface area (Å²) in [6.45, 7) is 9.69. The van der Waals surface area contributed by atoms with Crippen molar-refractivity contribution in [2.75, 3.05) is 17.6 Å². The average Bonchev–Trinajstić information content (AvgIpc) is 2.94. The Kier molecular flexibility index (Phi) is 6.87. The Morgan fingerprint density at radius 3 is 2.44 bits per heavy atom. The molecule has 0 saturated carbocycles. The molecule has 1 heterocycles. The van der Waals surface area contributed by atoms with Crippen LogP contribution in [0.2, 0.25) is 0 Å². The molecule has 0 radical (unpaired) electrons. The van der Waals surface area contributed by atoms with Gasteiger partial charge in [0.25, 0.3) is 0 Å². The van der Waals surface area contributed by atoms with Gasteiger partial charge in [-0.15, -0.1) is 0 Å². The minimum atomic E-state index is -0.523.